The highest BCUT2D eigenvalue weighted by Crippen LogP contribution is 2.31. The number of benzene rings is 3. The van der Waals surface area contributed by atoms with Crippen LogP contribution in [0.1, 0.15) is 31.1 Å². The average Bonchev–Trinajstić information content (AvgIpc) is 2.87. The van der Waals surface area contributed by atoms with Crippen molar-refractivity contribution in [1.82, 2.24) is 9.97 Å². The highest BCUT2D eigenvalue weighted by Gasteiger charge is 2.15. The van der Waals surface area contributed by atoms with E-state index in [4.69, 9.17) is 4.98 Å². The summed E-state index contributed by atoms with van der Waals surface area (Å²) in [5.74, 6) is -0.564. The van der Waals surface area contributed by atoms with Crippen molar-refractivity contribution in [3.8, 4) is 11.3 Å². The van der Waals surface area contributed by atoms with Crippen LogP contribution in [0.4, 0.5) is 10.1 Å². The fourth-order valence-electron chi connectivity index (χ4n) is 3.76. The number of halogens is 1. The number of hydrogen-bond acceptors (Lipinski definition) is 5. The number of para-hydroxylation sites is 1. The lowest BCUT2D eigenvalue weighted by Crippen LogP contribution is -2.26. The first-order valence-corrected chi connectivity index (χ1v) is 11.6. The third-order valence-corrected chi connectivity index (χ3v) is 5.38. The number of esters is 1. The predicted octanol–water partition coefficient (Wildman–Crippen LogP) is 7.27. The first-order chi connectivity index (χ1) is 17.2. The Morgan fingerprint density at radius 2 is 1.56 bits per heavy atom. The van der Waals surface area contributed by atoms with Crippen molar-refractivity contribution in [3.05, 3.63) is 103 Å². The molecule has 6 heteroatoms. The van der Waals surface area contributed by atoms with Gasteiger partial charge in [0.05, 0.1) is 35.1 Å². The number of carbonyl (C=O) groups excluding carboxylic acids is 1. The quantitative estimate of drug-likeness (QED) is 0.275. The molecule has 5 nitrogen and oxygen atoms in total. The molecule has 2 heterocycles. The molecule has 5 aromatic rings. The minimum atomic E-state index is -0.323. The van der Waals surface area contributed by atoms with Gasteiger partial charge in [-0.05, 0) is 81.4 Å². The van der Waals surface area contributed by atoms with Gasteiger partial charge in [0.25, 0.3) is 0 Å². The highest BCUT2D eigenvalue weighted by molar-refractivity contribution is 5.94. The van der Waals surface area contributed by atoms with Crippen molar-refractivity contribution in [1.29, 1.82) is 0 Å². The topological polar surface area (TPSA) is 64.1 Å². The van der Waals surface area contributed by atoms with E-state index in [1.165, 1.54) is 19.2 Å². The molecule has 0 bridgehead atoms. The molecule has 0 radical (unpaired) electrons. The van der Waals surface area contributed by atoms with E-state index < -0.39 is 0 Å². The van der Waals surface area contributed by atoms with Crippen LogP contribution in [0.25, 0.3) is 33.1 Å². The number of ether oxygens (including phenoxy) is 1. The Kier molecular flexibility index (Phi) is 7.25. The number of nitrogens with zero attached hydrogens (tertiary/aromatic N) is 2. The number of carbonyl (C=O) groups is 1. The van der Waals surface area contributed by atoms with Crippen LogP contribution >= 0.6 is 0 Å². The lowest BCUT2D eigenvalue weighted by molar-refractivity contribution is 0.0601. The summed E-state index contributed by atoms with van der Waals surface area (Å²) in [5, 5.41) is 5.52. The van der Waals surface area contributed by atoms with Gasteiger partial charge in [0.15, 0.2) is 0 Å². The SMILES string of the molecule is CC(C)(C)Nc1cc2ccccc2nc1-c1ccc(F)cc1.COC(=O)c1ccc2ncccc2c1. The van der Waals surface area contributed by atoms with Gasteiger partial charge >= 0.3 is 5.97 Å². The second kappa shape index (κ2) is 10.5. The van der Waals surface area contributed by atoms with Crippen LogP contribution in [0.3, 0.4) is 0 Å². The summed E-state index contributed by atoms with van der Waals surface area (Å²) >= 11 is 0. The highest BCUT2D eigenvalue weighted by atomic mass is 19.1. The van der Waals surface area contributed by atoms with Gasteiger partial charge < -0.3 is 10.1 Å². The molecule has 3 aromatic carbocycles. The maximum absolute atomic E-state index is 13.2. The van der Waals surface area contributed by atoms with E-state index in [0.717, 1.165) is 38.8 Å². The molecule has 2 aromatic heterocycles. The molecule has 0 saturated carbocycles. The zero-order valence-corrected chi connectivity index (χ0v) is 20.7. The molecule has 182 valence electrons. The smallest absolute Gasteiger partial charge is 0.337 e. The first-order valence-electron chi connectivity index (χ1n) is 11.6. The zero-order chi connectivity index (χ0) is 25.7. The summed E-state index contributed by atoms with van der Waals surface area (Å²) in [6.07, 6.45) is 1.72. The number of hydrogen-bond donors (Lipinski definition) is 1. The summed E-state index contributed by atoms with van der Waals surface area (Å²) in [7, 11) is 1.37. The van der Waals surface area contributed by atoms with Crippen LogP contribution in [0.5, 0.6) is 0 Å². The standard InChI is InChI=1S/C19H19FN2.C11H9NO2/c1-19(2,3)22-17-12-14-6-4-5-7-16(14)21-18(17)13-8-10-15(20)11-9-13;1-14-11(13)9-4-5-10-8(7-9)3-2-6-12-10/h4-12,22H,1-3H3;2-7H,1H3. The summed E-state index contributed by atoms with van der Waals surface area (Å²) in [6, 6.07) is 25.6. The van der Waals surface area contributed by atoms with Crippen molar-refractivity contribution in [3.63, 3.8) is 0 Å². The number of aromatic nitrogens is 2. The van der Waals surface area contributed by atoms with E-state index in [0.29, 0.717) is 5.56 Å². The van der Waals surface area contributed by atoms with E-state index in [-0.39, 0.29) is 17.3 Å². The van der Waals surface area contributed by atoms with E-state index in [1.54, 1.807) is 30.5 Å². The first kappa shape index (κ1) is 24.8. The van der Waals surface area contributed by atoms with Crippen molar-refractivity contribution < 1.29 is 13.9 Å². The van der Waals surface area contributed by atoms with E-state index in [9.17, 15) is 9.18 Å². The third kappa shape index (κ3) is 6.02. The number of fused-ring (bicyclic) bond motifs is 2. The maximum atomic E-state index is 13.2. The minimum absolute atomic E-state index is 0.0844. The van der Waals surface area contributed by atoms with Crippen LogP contribution in [-0.2, 0) is 4.74 Å². The molecule has 0 saturated heterocycles. The summed E-state index contributed by atoms with van der Waals surface area (Å²) in [6.45, 7) is 6.32. The van der Waals surface area contributed by atoms with Crippen molar-refractivity contribution in [2.45, 2.75) is 26.3 Å². The fraction of sp³-hybridized carbons (Fsp3) is 0.167. The molecule has 0 aliphatic heterocycles. The van der Waals surface area contributed by atoms with Gasteiger partial charge in [-0.25, -0.2) is 14.2 Å². The molecule has 0 aliphatic rings. The van der Waals surface area contributed by atoms with Gasteiger partial charge in [-0.3, -0.25) is 4.98 Å². The largest absolute Gasteiger partial charge is 0.465 e. The van der Waals surface area contributed by atoms with Crippen LogP contribution in [0.2, 0.25) is 0 Å². The van der Waals surface area contributed by atoms with Crippen LogP contribution in [0.15, 0.2) is 91.1 Å². The number of pyridine rings is 2. The number of methoxy groups -OCH3 is 1. The molecule has 1 N–H and O–H groups in total. The molecule has 0 spiro atoms. The Morgan fingerprint density at radius 1 is 0.861 bits per heavy atom. The van der Waals surface area contributed by atoms with Crippen molar-refractivity contribution in [2.75, 3.05) is 12.4 Å². The lowest BCUT2D eigenvalue weighted by atomic mass is 10.0. The van der Waals surface area contributed by atoms with Gasteiger partial charge in [0.2, 0.25) is 0 Å². The van der Waals surface area contributed by atoms with E-state index in [2.05, 4.69) is 41.9 Å². The fourth-order valence-corrected chi connectivity index (χ4v) is 3.76. The zero-order valence-electron chi connectivity index (χ0n) is 20.7. The second-order valence-corrected chi connectivity index (χ2v) is 9.36. The summed E-state index contributed by atoms with van der Waals surface area (Å²) in [5.41, 5.74) is 4.97. The van der Waals surface area contributed by atoms with Gasteiger partial charge in [-0.15, -0.1) is 0 Å². The van der Waals surface area contributed by atoms with Gasteiger partial charge in [-0.2, -0.15) is 0 Å². The Labute approximate surface area is 210 Å². The van der Waals surface area contributed by atoms with Gasteiger partial charge in [0.1, 0.15) is 5.82 Å². The Morgan fingerprint density at radius 3 is 2.28 bits per heavy atom. The maximum Gasteiger partial charge on any atom is 0.337 e. The van der Waals surface area contributed by atoms with Crippen LogP contribution in [-0.4, -0.2) is 28.6 Å². The normalized spacial score (nSPS) is 11.0. The molecule has 0 atom stereocenters. The van der Waals surface area contributed by atoms with Gasteiger partial charge in [-0.1, -0.05) is 24.3 Å². The molecule has 0 aliphatic carbocycles. The predicted molar refractivity (Wildman–Crippen MR) is 144 cm³/mol. The molecule has 0 amide bonds. The summed E-state index contributed by atoms with van der Waals surface area (Å²) < 4.78 is 17.8. The Balaban J connectivity index is 0.000000187. The van der Waals surface area contributed by atoms with Gasteiger partial charge in [0, 0.05) is 28.1 Å². The molecule has 0 unspecified atom stereocenters. The van der Waals surface area contributed by atoms with E-state index >= 15 is 0 Å². The summed E-state index contributed by atoms with van der Waals surface area (Å²) in [4.78, 5) is 20.1. The number of anilines is 1. The van der Waals surface area contributed by atoms with Crippen LogP contribution < -0.4 is 5.32 Å². The Bertz CT molecular complexity index is 1510. The molecule has 36 heavy (non-hydrogen) atoms. The lowest BCUT2D eigenvalue weighted by Gasteiger charge is -2.24. The minimum Gasteiger partial charge on any atom is -0.465 e. The second-order valence-electron chi connectivity index (χ2n) is 9.36. The monoisotopic (exact) mass is 481 g/mol. The molecule has 0 fully saturated rings. The average molecular weight is 482 g/mol. The Hall–Kier alpha value is -4.32. The molecular formula is C30H28FN3O2. The molecular weight excluding hydrogens is 453 g/mol. The van der Waals surface area contributed by atoms with Crippen LogP contribution in [0, 0.1) is 5.82 Å². The van der Waals surface area contributed by atoms with E-state index in [1.807, 2.05) is 42.5 Å². The third-order valence-electron chi connectivity index (χ3n) is 5.38. The van der Waals surface area contributed by atoms with Crippen molar-refractivity contribution in [2.24, 2.45) is 0 Å². The van der Waals surface area contributed by atoms with Crippen molar-refractivity contribution >= 4 is 33.5 Å². The number of rotatable bonds is 3. The molecule has 5 rings (SSSR count). The number of nitrogens with one attached hydrogen (secondary N) is 1.